The molecule has 6 nitrogen and oxygen atoms in total. The number of hydrogen-bond acceptors (Lipinski definition) is 5. The minimum atomic E-state index is -0.781. The summed E-state index contributed by atoms with van der Waals surface area (Å²) in [5, 5.41) is 10.3. The second-order valence-electron chi connectivity index (χ2n) is 6.60. The fourth-order valence-corrected chi connectivity index (χ4v) is 3.38. The van der Waals surface area contributed by atoms with Gasteiger partial charge < -0.3 is 0 Å². The molecule has 26 heavy (non-hydrogen) atoms. The van der Waals surface area contributed by atoms with Gasteiger partial charge in [-0.2, -0.15) is 5.11 Å². The summed E-state index contributed by atoms with van der Waals surface area (Å²) in [4.78, 5) is 26.9. The summed E-state index contributed by atoms with van der Waals surface area (Å²) < 4.78 is 0. The van der Waals surface area contributed by atoms with E-state index < -0.39 is 12.1 Å². The van der Waals surface area contributed by atoms with E-state index in [1.54, 1.807) is 23.2 Å². The van der Waals surface area contributed by atoms with Crippen LogP contribution in [0.2, 0.25) is 5.02 Å². The Hall–Kier alpha value is -2.73. The molecular formula is C19H17ClN4O2. The number of fused-ring (bicyclic) bond motifs is 1. The van der Waals surface area contributed by atoms with E-state index in [4.69, 9.17) is 11.6 Å². The molecule has 0 aliphatic carbocycles. The lowest BCUT2D eigenvalue weighted by Crippen LogP contribution is -2.39. The van der Waals surface area contributed by atoms with Crippen molar-refractivity contribution in [1.29, 1.82) is 0 Å². The quantitative estimate of drug-likeness (QED) is 0.779. The molecule has 0 radical (unpaired) electrons. The van der Waals surface area contributed by atoms with Crippen molar-refractivity contribution in [2.75, 3.05) is 4.90 Å². The van der Waals surface area contributed by atoms with Gasteiger partial charge in [-0.1, -0.05) is 35.0 Å². The van der Waals surface area contributed by atoms with Gasteiger partial charge >= 0.3 is 0 Å². The van der Waals surface area contributed by atoms with Gasteiger partial charge in [0.25, 0.3) is 11.8 Å². The van der Waals surface area contributed by atoms with E-state index in [0.29, 0.717) is 17.3 Å². The zero-order chi connectivity index (χ0) is 18.4. The van der Waals surface area contributed by atoms with Crippen molar-refractivity contribution in [2.24, 2.45) is 10.3 Å². The first-order chi connectivity index (χ1) is 12.5. The molecule has 4 rings (SSSR count). The van der Waals surface area contributed by atoms with Gasteiger partial charge in [0.15, 0.2) is 12.1 Å². The Morgan fingerprint density at radius 2 is 1.73 bits per heavy atom. The van der Waals surface area contributed by atoms with Crippen LogP contribution >= 0.6 is 11.6 Å². The summed E-state index contributed by atoms with van der Waals surface area (Å²) in [5.74, 6) is -0.618. The molecular weight excluding hydrogens is 352 g/mol. The molecule has 7 heteroatoms. The predicted octanol–water partition coefficient (Wildman–Crippen LogP) is 3.45. The maximum absolute atomic E-state index is 13.0. The number of hydrogen-bond donors (Lipinski definition) is 0. The third-order valence-corrected chi connectivity index (χ3v) is 5.12. The highest BCUT2D eigenvalue weighted by Gasteiger charge is 2.54. The summed E-state index contributed by atoms with van der Waals surface area (Å²) in [6.07, 6.45) is 0. The van der Waals surface area contributed by atoms with Gasteiger partial charge in [-0.05, 0) is 54.8 Å². The smallest absolute Gasteiger partial charge is 0.263 e. The Bertz CT molecular complexity index is 926. The Morgan fingerprint density at radius 1 is 1.00 bits per heavy atom. The molecule has 0 unspecified atom stereocenters. The average Bonchev–Trinajstić information content (AvgIpc) is 3.13. The van der Waals surface area contributed by atoms with Crippen LogP contribution in [0.3, 0.4) is 0 Å². The first kappa shape index (κ1) is 16.7. The van der Waals surface area contributed by atoms with Gasteiger partial charge in [-0.15, -0.1) is 0 Å². The number of imide groups is 1. The molecule has 1 saturated heterocycles. The third kappa shape index (κ3) is 2.66. The molecule has 2 aliphatic heterocycles. The number of carbonyl (C=O) groups excluding carboxylic acids is 2. The standard InChI is InChI=1S/C19H17ClN4O2/c1-11-3-8-15(9-12(11)2)24-18(25)16-17(19(24)26)23(22-21-16)10-13-4-6-14(20)7-5-13/h3-9,16-17H,10H2,1-2H3/t16-,17+/m0/s1. The monoisotopic (exact) mass is 368 g/mol. The van der Waals surface area contributed by atoms with Gasteiger partial charge in [0.2, 0.25) is 0 Å². The second kappa shape index (κ2) is 6.21. The van der Waals surface area contributed by atoms with Crippen LogP contribution in [-0.4, -0.2) is 28.9 Å². The third-order valence-electron chi connectivity index (χ3n) is 4.86. The van der Waals surface area contributed by atoms with E-state index in [1.807, 2.05) is 38.1 Å². The van der Waals surface area contributed by atoms with Crippen LogP contribution < -0.4 is 4.90 Å². The maximum Gasteiger partial charge on any atom is 0.263 e. The summed E-state index contributed by atoms with van der Waals surface area (Å²) in [7, 11) is 0. The first-order valence-electron chi connectivity index (χ1n) is 8.32. The Labute approximate surface area is 156 Å². The molecule has 0 aromatic heterocycles. The molecule has 0 bridgehead atoms. The number of rotatable bonds is 3. The van der Waals surface area contributed by atoms with E-state index in [-0.39, 0.29) is 11.8 Å². The first-order valence-corrected chi connectivity index (χ1v) is 8.70. The van der Waals surface area contributed by atoms with E-state index >= 15 is 0 Å². The Morgan fingerprint density at radius 3 is 2.42 bits per heavy atom. The number of benzene rings is 2. The summed E-state index contributed by atoms with van der Waals surface area (Å²) in [6, 6.07) is 11.4. The van der Waals surface area contributed by atoms with Gasteiger partial charge in [-0.3, -0.25) is 14.6 Å². The van der Waals surface area contributed by atoms with Gasteiger partial charge in [0, 0.05) is 5.02 Å². The SMILES string of the molecule is Cc1ccc(N2C(=O)[C@H]3N=NN(Cc4ccc(Cl)cc4)[C@H]3C2=O)cc1C. The lowest BCUT2D eigenvalue weighted by molar-refractivity contribution is -0.123. The lowest BCUT2D eigenvalue weighted by Gasteiger charge is -2.21. The highest BCUT2D eigenvalue weighted by molar-refractivity contribution is 6.30. The summed E-state index contributed by atoms with van der Waals surface area (Å²) in [6.45, 7) is 4.34. The topological polar surface area (TPSA) is 65.3 Å². The van der Waals surface area contributed by atoms with Gasteiger partial charge in [-0.25, -0.2) is 4.90 Å². The molecule has 2 aromatic rings. The number of anilines is 1. The molecule has 2 aliphatic rings. The average molecular weight is 369 g/mol. The van der Waals surface area contributed by atoms with Crippen molar-refractivity contribution in [3.8, 4) is 0 Å². The molecule has 0 spiro atoms. The molecule has 132 valence electrons. The van der Waals surface area contributed by atoms with E-state index in [2.05, 4.69) is 10.3 Å². The molecule has 2 amide bonds. The van der Waals surface area contributed by atoms with Crippen LogP contribution in [-0.2, 0) is 16.1 Å². The Kier molecular flexibility index (Phi) is 4.00. The van der Waals surface area contributed by atoms with E-state index in [0.717, 1.165) is 16.7 Å². The number of carbonyl (C=O) groups is 2. The zero-order valence-electron chi connectivity index (χ0n) is 14.4. The van der Waals surface area contributed by atoms with Crippen LogP contribution in [0.5, 0.6) is 0 Å². The fraction of sp³-hybridized carbons (Fsp3) is 0.263. The molecule has 2 aromatic carbocycles. The molecule has 2 atom stereocenters. The fourth-order valence-electron chi connectivity index (χ4n) is 3.25. The van der Waals surface area contributed by atoms with E-state index in [1.165, 1.54) is 4.90 Å². The van der Waals surface area contributed by atoms with Crippen LogP contribution in [0.25, 0.3) is 0 Å². The minimum Gasteiger partial charge on any atom is -0.271 e. The molecule has 0 saturated carbocycles. The molecule has 0 N–H and O–H groups in total. The summed E-state index contributed by atoms with van der Waals surface area (Å²) in [5.41, 5.74) is 3.66. The number of nitrogens with zero attached hydrogens (tertiary/aromatic N) is 4. The summed E-state index contributed by atoms with van der Waals surface area (Å²) >= 11 is 5.91. The van der Waals surface area contributed by atoms with Crippen LogP contribution in [0.15, 0.2) is 52.8 Å². The number of aryl methyl sites for hydroxylation is 2. The zero-order valence-corrected chi connectivity index (χ0v) is 15.1. The van der Waals surface area contributed by atoms with Crippen LogP contribution in [0.1, 0.15) is 16.7 Å². The largest absolute Gasteiger partial charge is 0.271 e. The van der Waals surface area contributed by atoms with Crippen molar-refractivity contribution >= 4 is 29.1 Å². The van der Waals surface area contributed by atoms with Gasteiger partial charge in [0.1, 0.15) is 0 Å². The van der Waals surface area contributed by atoms with Crippen molar-refractivity contribution in [3.05, 3.63) is 64.2 Å². The minimum absolute atomic E-state index is 0.290. The van der Waals surface area contributed by atoms with Crippen molar-refractivity contribution in [3.63, 3.8) is 0 Å². The van der Waals surface area contributed by atoms with E-state index in [9.17, 15) is 9.59 Å². The lowest BCUT2D eigenvalue weighted by atomic mass is 10.1. The molecule has 2 heterocycles. The van der Waals surface area contributed by atoms with Gasteiger partial charge in [0.05, 0.1) is 12.2 Å². The Balaban J connectivity index is 1.60. The van der Waals surface area contributed by atoms with Crippen molar-refractivity contribution < 1.29 is 9.59 Å². The maximum atomic E-state index is 13.0. The normalized spacial score (nSPS) is 21.7. The number of amides is 2. The van der Waals surface area contributed by atoms with Crippen LogP contribution in [0, 0.1) is 13.8 Å². The highest BCUT2D eigenvalue weighted by atomic mass is 35.5. The van der Waals surface area contributed by atoms with Crippen molar-refractivity contribution in [2.45, 2.75) is 32.5 Å². The predicted molar refractivity (Wildman–Crippen MR) is 97.8 cm³/mol. The highest BCUT2D eigenvalue weighted by Crippen LogP contribution is 2.33. The second-order valence-corrected chi connectivity index (χ2v) is 7.04. The molecule has 1 fully saturated rings. The van der Waals surface area contributed by atoms with Crippen molar-refractivity contribution in [1.82, 2.24) is 5.01 Å². The number of halogens is 1. The van der Waals surface area contributed by atoms with Crippen LogP contribution in [0.4, 0.5) is 5.69 Å².